The standard InChI is InChI=1S/C11H19N3O/c1-11(2,3)9-7-10(14-8-13-9)12-5-6-15-4/h7-8H,5-6H2,1-4H3,(H,12,13,14). The number of rotatable bonds is 4. The van der Waals surface area contributed by atoms with Crippen molar-refractivity contribution < 1.29 is 4.74 Å². The molecule has 0 aliphatic heterocycles. The van der Waals surface area contributed by atoms with Crippen molar-refractivity contribution in [3.63, 3.8) is 0 Å². The lowest BCUT2D eigenvalue weighted by Gasteiger charge is -2.17. The molecule has 1 aromatic heterocycles. The predicted molar refractivity (Wildman–Crippen MR) is 61.1 cm³/mol. The molecule has 0 bridgehead atoms. The van der Waals surface area contributed by atoms with Crippen molar-refractivity contribution in [2.75, 3.05) is 25.6 Å². The van der Waals surface area contributed by atoms with Crippen LogP contribution in [-0.4, -0.2) is 30.2 Å². The zero-order valence-corrected chi connectivity index (χ0v) is 9.87. The van der Waals surface area contributed by atoms with Crippen LogP contribution in [0, 0.1) is 0 Å². The number of aromatic nitrogens is 2. The molecule has 1 rings (SSSR count). The maximum atomic E-state index is 4.96. The van der Waals surface area contributed by atoms with E-state index in [1.807, 2.05) is 6.07 Å². The zero-order valence-electron chi connectivity index (χ0n) is 9.87. The molecule has 15 heavy (non-hydrogen) atoms. The minimum Gasteiger partial charge on any atom is -0.383 e. The maximum absolute atomic E-state index is 4.96. The van der Waals surface area contributed by atoms with E-state index in [-0.39, 0.29) is 5.41 Å². The fourth-order valence-corrected chi connectivity index (χ4v) is 1.15. The summed E-state index contributed by atoms with van der Waals surface area (Å²) in [6, 6.07) is 1.98. The quantitative estimate of drug-likeness (QED) is 0.768. The van der Waals surface area contributed by atoms with Gasteiger partial charge in [0.2, 0.25) is 0 Å². The Morgan fingerprint density at radius 3 is 2.67 bits per heavy atom. The second-order valence-corrected chi connectivity index (χ2v) is 4.46. The van der Waals surface area contributed by atoms with E-state index in [0.717, 1.165) is 18.1 Å². The highest BCUT2D eigenvalue weighted by molar-refractivity contribution is 5.36. The smallest absolute Gasteiger partial charge is 0.129 e. The van der Waals surface area contributed by atoms with Crippen LogP contribution in [0.2, 0.25) is 0 Å². The molecule has 0 amide bonds. The van der Waals surface area contributed by atoms with Crippen LogP contribution in [0.3, 0.4) is 0 Å². The van der Waals surface area contributed by atoms with E-state index >= 15 is 0 Å². The topological polar surface area (TPSA) is 47.0 Å². The summed E-state index contributed by atoms with van der Waals surface area (Å²) in [5.41, 5.74) is 1.10. The average molecular weight is 209 g/mol. The number of anilines is 1. The number of nitrogens with one attached hydrogen (secondary N) is 1. The molecule has 1 N–H and O–H groups in total. The predicted octanol–water partition coefficient (Wildman–Crippen LogP) is 1.83. The number of nitrogens with zero attached hydrogens (tertiary/aromatic N) is 2. The lowest BCUT2D eigenvalue weighted by molar-refractivity contribution is 0.210. The van der Waals surface area contributed by atoms with Crippen LogP contribution in [0.4, 0.5) is 5.82 Å². The summed E-state index contributed by atoms with van der Waals surface area (Å²) in [7, 11) is 1.68. The first kappa shape index (κ1) is 11.9. The highest BCUT2D eigenvalue weighted by atomic mass is 16.5. The first-order valence-electron chi connectivity index (χ1n) is 5.09. The molecule has 0 spiro atoms. The van der Waals surface area contributed by atoms with Crippen molar-refractivity contribution in [2.45, 2.75) is 26.2 Å². The highest BCUT2D eigenvalue weighted by Crippen LogP contribution is 2.20. The molecule has 84 valence electrons. The van der Waals surface area contributed by atoms with Gasteiger partial charge in [-0.05, 0) is 0 Å². The van der Waals surface area contributed by atoms with E-state index in [4.69, 9.17) is 4.74 Å². The van der Waals surface area contributed by atoms with Gasteiger partial charge in [-0.2, -0.15) is 0 Å². The van der Waals surface area contributed by atoms with E-state index in [2.05, 4.69) is 36.1 Å². The molecule has 4 nitrogen and oxygen atoms in total. The molecule has 1 aromatic rings. The Morgan fingerprint density at radius 2 is 2.07 bits per heavy atom. The van der Waals surface area contributed by atoms with Gasteiger partial charge in [0, 0.05) is 25.1 Å². The monoisotopic (exact) mass is 209 g/mol. The van der Waals surface area contributed by atoms with Gasteiger partial charge in [-0.15, -0.1) is 0 Å². The molecule has 0 aliphatic rings. The Kier molecular flexibility index (Phi) is 4.03. The van der Waals surface area contributed by atoms with Gasteiger partial charge in [-0.25, -0.2) is 9.97 Å². The zero-order chi connectivity index (χ0) is 11.3. The van der Waals surface area contributed by atoms with Crippen LogP contribution in [0.5, 0.6) is 0 Å². The van der Waals surface area contributed by atoms with Crippen molar-refractivity contribution in [3.05, 3.63) is 18.1 Å². The Balaban J connectivity index is 2.66. The summed E-state index contributed by atoms with van der Waals surface area (Å²) in [6.07, 6.45) is 1.59. The Labute approximate surface area is 91.1 Å². The fourth-order valence-electron chi connectivity index (χ4n) is 1.15. The van der Waals surface area contributed by atoms with Crippen LogP contribution in [0.1, 0.15) is 26.5 Å². The fraction of sp³-hybridized carbons (Fsp3) is 0.636. The van der Waals surface area contributed by atoms with Gasteiger partial charge in [-0.3, -0.25) is 0 Å². The summed E-state index contributed by atoms with van der Waals surface area (Å²) in [5.74, 6) is 0.854. The third kappa shape index (κ3) is 3.83. The highest BCUT2D eigenvalue weighted by Gasteiger charge is 2.15. The third-order valence-corrected chi connectivity index (χ3v) is 2.05. The van der Waals surface area contributed by atoms with Crippen molar-refractivity contribution in [1.29, 1.82) is 0 Å². The van der Waals surface area contributed by atoms with Crippen molar-refractivity contribution in [1.82, 2.24) is 9.97 Å². The molecular weight excluding hydrogens is 190 g/mol. The van der Waals surface area contributed by atoms with Crippen LogP contribution >= 0.6 is 0 Å². The lowest BCUT2D eigenvalue weighted by Crippen LogP contribution is -2.15. The minimum atomic E-state index is 0.0562. The van der Waals surface area contributed by atoms with E-state index in [1.54, 1.807) is 13.4 Å². The van der Waals surface area contributed by atoms with Crippen molar-refractivity contribution >= 4 is 5.82 Å². The number of methoxy groups -OCH3 is 1. The van der Waals surface area contributed by atoms with Gasteiger partial charge in [0.15, 0.2) is 0 Å². The summed E-state index contributed by atoms with van der Waals surface area (Å²) in [4.78, 5) is 8.40. The van der Waals surface area contributed by atoms with Crippen molar-refractivity contribution in [2.24, 2.45) is 0 Å². The van der Waals surface area contributed by atoms with Crippen LogP contribution in [0.25, 0.3) is 0 Å². The molecular formula is C11H19N3O. The van der Waals surface area contributed by atoms with Crippen LogP contribution < -0.4 is 5.32 Å². The molecule has 4 heteroatoms. The minimum absolute atomic E-state index is 0.0562. The van der Waals surface area contributed by atoms with E-state index in [9.17, 15) is 0 Å². The second-order valence-electron chi connectivity index (χ2n) is 4.46. The summed E-state index contributed by atoms with van der Waals surface area (Å²) < 4.78 is 4.96. The molecule has 0 radical (unpaired) electrons. The maximum Gasteiger partial charge on any atom is 0.129 e. The van der Waals surface area contributed by atoms with Gasteiger partial charge in [0.05, 0.1) is 12.3 Å². The largest absolute Gasteiger partial charge is 0.383 e. The third-order valence-electron chi connectivity index (χ3n) is 2.05. The Morgan fingerprint density at radius 1 is 1.33 bits per heavy atom. The van der Waals surface area contributed by atoms with E-state index in [0.29, 0.717) is 6.61 Å². The number of hydrogen-bond acceptors (Lipinski definition) is 4. The second kappa shape index (κ2) is 5.07. The van der Waals surface area contributed by atoms with Gasteiger partial charge in [0.25, 0.3) is 0 Å². The first-order chi connectivity index (χ1) is 7.04. The van der Waals surface area contributed by atoms with E-state index in [1.165, 1.54) is 0 Å². The number of hydrogen-bond donors (Lipinski definition) is 1. The Bertz CT molecular complexity index is 307. The van der Waals surface area contributed by atoms with E-state index < -0.39 is 0 Å². The van der Waals surface area contributed by atoms with Crippen LogP contribution in [-0.2, 0) is 10.2 Å². The summed E-state index contributed by atoms with van der Waals surface area (Å²) >= 11 is 0. The number of ether oxygens (including phenoxy) is 1. The summed E-state index contributed by atoms with van der Waals surface area (Å²) in [5, 5.41) is 3.18. The van der Waals surface area contributed by atoms with Crippen molar-refractivity contribution in [3.8, 4) is 0 Å². The lowest BCUT2D eigenvalue weighted by atomic mass is 9.92. The van der Waals surface area contributed by atoms with Gasteiger partial charge in [0.1, 0.15) is 12.1 Å². The van der Waals surface area contributed by atoms with Gasteiger partial charge in [-0.1, -0.05) is 20.8 Å². The average Bonchev–Trinajstić information content (AvgIpc) is 2.17. The molecule has 1 heterocycles. The van der Waals surface area contributed by atoms with Gasteiger partial charge >= 0.3 is 0 Å². The van der Waals surface area contributed by atoms with Crippen LogP contribution in [0.15, 0.2) is 12.4 Å². The molecule has 0 fully saturated rings. The molecule has 0 aliphatic carbocycles. The normalized spacial score (nSPS) is 11.5. The molecule has 0 unspecified atom stereocenters. The summed E-state index contributed by atoms with van der Waals surface area (Å²) in [6.45, 7) is 7.84. The molecule has 0 saturated carbocycles. The molecule has 0 atom stereocenters. The SMILES string of the molecule is COCCNc1cc(C(C)(C)C)ncn1. The molecule has 0 saturated heterocycles. The molecule has 0 aromatic carbocycles. The first-order valence-corrected chi connectivity index (χ1v) is 5.09. The Hall–Kier alpha value is -1.16. The van der Waals surface area contributed by atoms with Gasteiger partial charge < -0.3 is 10.1 Å².